The lowest BCUT2D eigenvalue weighted by Gasteiger charge is -2.34. The summed E-state index contributed by atoms with van der Waals surface area (Å²) >= 11 is 0. The van der Waals surface area contributed by atoms with E-state index in [1.165, 1.54) is 0 Å². The predicted octanol–water partition coefficient (Wildman–Crippen LogP) is 5.43. The molecule has 1 N–H and O–H groups in total. The highest BCUT2D eigenvalue weighted by atomic mass is 16.5. The third-order valence-electron chi connectivity index (χ3n) is 6.01. The lowest BCUT2D eigenvalue weighted by molar-refractivity contribution is -0.140. The molecule has 0 radical (unpaired) electrons. The molecule has 1 heterocycles. The van der Waals surface area contributed by atoms with Gasteiger partial charge in [0.2, 0.25) is 0 Å². The molecule has 0 aromatic heterocycles. The van der Waals surface area contributed by atoms with Gasteiger partial charge in [0, 0.05) is 29.3 Å². The molecule has 2 aromatic rings. The molecule has 0 saturated carbocycles. The normalized spacial score (nSPS) is 18.2. The molecule has 0 saturated heterocycles. The fourth-order valence-corrected chi connectivity index (χ4v) is 4.40. The molecule has 172 valence electrons. The van der Waals surface area contributed by atoms with Crippen molar-refractivity contribution < 1.29 is 19.1 Å². The van der Waals surface area contributed by atoms with E-state index in [4.69, 9.17) is 9.47 Å². The molecule has 5 nitrogen and oxygen atoms in total. The molecular formula is C28H31NO4. The number of ketones is 1. The summed E-state index contributed by atoms with van der Waals surface area (Å²) in [4.78, 5) is 26.1. The van der Waals surface area contributed by atoms with Gasteiger partial charge in [0.05, 0.1) is 12.2 Å². The number of Topliss-reactive ketones (excluding diaryl/α,β-unsaturated/α-hetero) is 1. The maximum Gasteiger partial charge on any atom is 0.336 e. The van der Waals surface area contributed by atoms with Gasteiger partial charge in [0.15, 0.2) is 5.78 Å². The molecule has 1 aliphatic heterocycles. The number of benzene rings is 2. The summed E-state index contributed by atoms with van der Waals surface area (Å²) in [5, 5.41) is 3.33. The Morgan fingerprint density at radius 3 is 2.48 bits per heavy atom. The molecule has 5 heteroatoms. The number of hydrogen-bond acceptors (Lipinski definition) is 5. The van der Waals surface area contributed by atoms with Crippen molar-refractivity contribution in [3.63, 3.8) is 0 Å². The van der Waals surface area contributed by atoms with Gasteiger partial charge >= 0.3 is 5.97 Å². The van der Waals surface area contributed by atoms with E-state index in [-0.39, 0.29) is 17.7 Å². The molecular weight excluding hydrogens is 414 g/mol. The highest BCUT2D eigenvalue weighted by Crippen LogP contribution is 2.42. The van der Waals surface area contributed by atoms with Crippen molar-refractivity contribution in [3.05, 3.63) is 88.3 Å². The van der Waals surface area contributed by atoms with Gasteiger partial charge in [-0.25, -0.2) is 4.79 Å². The van der Waals surface area contributed by atoms with Gasteiger partial charge in [-0.1, -0.05) is 56.3 Å². The second-order valence-electron chi connectivity index (χ2n) is 9.10. The second-order valence-corrected chi connectivity index (χ2v) is 9.10. The van der Waals surface area contributed by atoms with Gasteiger partial charge in [-0.05, 0) is 48.9 Å². The topological polar surface area (TPSA) is 64.6 Å². The Labute approximate surface area is 195 Å². The van der Waals surface area contributed by atoms with Gasteiger partial charge in [-0.2, -0.15) is 0 Å². The number of dihydropyridines is 1. The summed E-state index contributed by atoms with van der Waals surface area (Å²) < 4.78 is 11.5. The quantitative estimate of drug-likeness (QED) is 0.576. The number of allylic oxidation sites excluding steroid dienone is 3. The minimum absolute atomic E-state index is 0.0970. The Kier molecular flexibility index (Phi) is 6.97. The first-order valence-electron chi connectivity index (χ1n) is 11.6. The molecule has 1 aliphatic carbocycles. The molecule has 1 atom stereocenters. The number of carbonyl (C=O) groups is 2. The maximum atomic E-state index is 13.1. The molecule has 33 heavy (non-hydrogen) atoms. The van der Waals surface area contributed by atoms with Gasteiger partial charge < -0.3 is 14.8 Å². The van der Waals surface area contributed by atoms with E-state index in [0.717, 1.165) is 41.1 Å². The van der Waals surface area contributed by atoms with Crippen LogP contribution in [0.3, 0.4) is 0 Å². The first-order valence-corrected chi connectivity index (χ1v) is 11.6. The van der Waals surface area contributed by atoms with Crippen LogP contribution in [-0.2, 0) is 20.9 Å². The Balaban J connectivity index is 1.63. The molecule has 0 unspecified atom stereocenters. The summed E-state index contributed by atoms with van der Waals surface area (Å²) in [7, 11) is 0. The Morgan fingerprint density at radius 1 is 1.06 bits per heavy atom. The van der Waals surface area contributed by atoms with E-state index in [1.807, 2.05) is 75.4 Å². The minimum atomic E-state index is -0.433. The molecule has 4 rings (SSSR count). The van der Waals surface area contributed by atoms with Crippen molar-refractivity contribution in [2.75, 3.05) is 6.61 Å². The van der Waals surface area contributed by atoms with Crippen molar-refractivity contribution in [1.29, 1.82) is 0 Å². The minimum Gasteiger partial charge on any atom is -0.489 e. The largest absolute Gasteiger partial charge is 0.489 e. The van der Waals surface area contributed by atoms with Crippen molar-refractivity contribution >= 4 is 11.8 Å². The van der Waals surface area contributed by atoms with Crippen molar-refractivity contribution in [1.82, 2.24) is 5.32 Å². The van der Waals surface area contributed by atoms with E-state index in [9.17, 15) is 9.59 Å². The fourth-order valence-electron chi connectivity index (χ4n) is 4.40. The number of nitrogens with one attached hydrogen (secondary N) is 1. The lowest BCUT2D eigenvalue weighted by Crippen LogP contribution is -2.34. The van der Waals surface area contributed by atoms with Crippen LogP contribution in [0.4, 0.5) is 0 Å². The Morgan fingerprint density at radius 2 is 1.79 bits per heavy atom. The van der Waals surface area contributed by atoms with Crippen molar-refractivity contribution in [2.24, 2.45) is 5.92 Å². The highest BCUT2D eigenvalue weighted by Gasteiger charge is 2.39. The SMILES string of the molecule is CC1=C(C(=O)OCC(C)C)[C@@H](c2ccc(OCc3ccccc3)cc2)C2=C(CCCC2=O)N1. The van der Waals surface area contributed by atoms with Crippen LogP contribution in [0.5, 0.6) is 5.75 Å². The summed E-state index contributed by atoms with van der Waals surface area (Å²) in [5.74, 6) is 0.270. The zero-order chi connectivity index (χ0) is 23.4. The number of esters is 1. The summed E-state index contributed by atoms with van der Waals surface area (Å²) in [6.45, 7) is 6.72. The van der Waals surface area contributed by atoms with Crippen LogP contribution in [0.1, 0.15) is 57.1 Å². The van der Waals surface area contributed by atoms with Crippen molar-refractivity contribution in [2.45, 2.75) is 52.6 Å². The van der Waals surface area contributed by atoms with E-state index in [2.05, 4.69) is 5.32 Å². The smallest absolute Gasteiger partial charge is 0.336 e. The highest BCUT2D eigenvalue weighted by molar-refractivity contribution is 6.03. The Bertz CT molecular complexity index is 1080. The van der Waals surface area contributed by atoms with Crippen LogP contribution in [0.15, 0.2) is 77.1 Å². The van der Waals surface area contributed by atoms with Crippen LogP contribution in [0, 0.1) is 5.92 Å². The number of carbonyl (C=O) groups excluding carboxylic acids is 2. The van der Waals surface area contributed by atoms with E-state index >= 15 is 0 Å². The zero-order valence-electron chi connectivity index (χ0n) is 19.5. The average Bonchev–Trinajstić information content (AvgIpc) is 2.81. The summed E-state index contributed by atoms with van der Waals surface area (Å²) in [5.41, 5.74) is 4.88. The van der Waals surface area contributed by atoms with Crippen molar-refractivity contribution in [3.8, 4) is 5.75 Å². The van der Waals surface area contributed by atoms with E-state index in [0.29, 0.717) is 30.8 Å². The fraction of sp³-hybridized carbons (Fsp3) is 0.357. The zero-order valence-corrected chi connectivity index (χ0v) is 19.5. The van der Waals surface area contributed by atoms with Crippen LogP contribution >= 0.6 is 0 Å². The molecule has 0 fully saturated rings. The first kappa shape index (κ1) is 22.8. The molecule has 2 aromatic carbocycles. The number of hydrogen-bond donors (Lipinski definition) is 1. The number of rotatable bonds is 7. The molecule has 0 spiro atoms. The van der Waals surface area contributed by atoms with E-state index in [1.54, 1.807) is 0 Å². The van der Waals surface area contributed by atoms with Gasteiger partial charge in [-0.3, -0.25) is 4.79 Å². The molecule has 0 bridgehead atoms. The van der Waals surface area contributed by atoms with Crippen LogP contribution in [0.25, 0.3) is 0 Å². The monoisotopic (exact) mass is 445 g/mol. The van der Waals surface area contributed by atoms with Crippen LogP contribution in [-0.4, -0.2) is 18.4 Å². The molecule has 0 amide bonds. The average molecular weight is 446 g/mol. The third kappa shape index (κ3) is 5.19. The third-order valence-corrected chi connectivity index (χ3v) is 6.01. The van der Waals surface area contributed by atoms with Crippen LogP contribution in [0.2, 0.25) is 0 Å². The summed E-state index contributed by atoms with van der Waals surface area (Å²) in [6, 6.07) is 17.7. The molecule has 2 aliphatic rings. The van der Waals surface area contributed by atoms with Gasteiger partial charge in [0.1, 0.15) is 12.4 Å². The van der Waals surface area contributed by atoms with E-state index < -0.39 is 5.92 Å². The van der Waals surface area contributed by atoms with Gasteiger partial charge in [0.25, 0.3) is 0 Å². The number of ether oxygens (including phenoxy) is 2. The first-order chi connectivity index (χ1) is 15.9. The predicted molar refractivity (Wildman–Crippen MR) is 127 cm³/mol. The lowest BCUT2D eigenvalue weighted by atomic mass is 9.75. The maximum absolute atomic E-state index is 13.1. The standard InChI is InChI=1S/C28H31NO4/c1-18(2)16-33-28(31)25-19(3)29-23-10-7-11-24(30)27(23)26(25)21-12-14-22(15-13-21)32-17-20-8-5-4-6-9-20/h4-6,8-9,12-15,18,26,29H,7,10-11,16-17H2,1-3H3/t26-/m1/s1. The summed E-state index contributed by atoms with van der Waals surface area (Å²) in [6.07, 6.45) is 2.13. The van der Waals surface area contributed by atoms with Crippen LogP contribution < -0.4 is 10.1 Å². The second kappa shape index (κ2) is 10.1. The van der Waals surface area contributed by atoms with Gasteiger partial charge in [-0.15, -0.1) is 0 Å². The Hall–Kier alpha value is -3.34.